The van der Waals surface area contributed by atoms with E-state index in [9.17, 15) is 9.90 Å². The molecule has 3 aromatic rings. The SMILES string of the molecule is CCCCCOc1cccc(C2c3c(-c4cc(Cl)c(C)cc4O)n[nH]c3C(=O)N2CCOC)c1. The summed E-state index contributed by atoms with van der Waals surface area (Å²) in [6.07, 6.45) is 3.24. The summed E-state index contributed by atoms with van der Waals surface area (Å²) in [5.41, 5.74) is 3.75. The van der Waals surface area contributed by atoms with Gasteiger partial charge in [0.25, 0.3) is 5.91 Å². The van der Waals surface area contributed by atoms with E-state index in [0.717, 1.165) is 36.1 Å². The first-order valence-electron chi connectivity index (χ1n) is 11.6. The van der Waals surface area contributed by atoms with E-state index in [1.54, 1.807) is 24.1 Å². The number of methoxy groups -OCH3 is 1. The van der Waals surface area contributed by atoms with Crippen LogP contribution in [0, 0.1) is 6.92 Å². The predicted octanol–water partition coefficient (Wildman–Crippen LogP) is 5.50. The largest absolute Gasteiger partial charge is 0.507 e. The molecule has 1 aromatic heterocycles. The molecule has 34 heavy (non-hydrogen) atoms. The number of aromatic amines is 1. The summed E-state index contributed by atoms with van der Waals surface area (Å²) >= 11 is 6.37. The number of halogens is 1. The van der Waals surface area contributed by atoms with Gasteiger partial charge in [-0.3, -0.25) is 9.89 Å². The van der Waals surface area contributed by atoms with E-state index in [-0.39, 0.29) is 11.7 Å². The molecule has 0 spiro atoms. The minimum Gasteiger partial charge on any atom is -0.507 e. The molecule has 4 rings (SSSR count). The van der Waals surface area contributed by atoms with Crippen LogP contribution >= 0.6 is 11.6 Å². The van der Waals surface area contributed by atoms with Gasteiger partial charge in [0.1, 0.15) is 22.9 Å². The van der Waals surface area contributed by atoms with Crippen LogP contribution in [0.1, 0.15) is 59.4 Å². The van der Waals surface area contributed by atoms with Crippen LogP contribution in [0.3, 0.4) is 0 Å². The molecule has 1 unspecified atom stereocenters. The van der Waals surface area contributed by atoms with Crippen LogP contribution in [0.25, 0.3) is 11.3 Å². The molecular weight excluding hydrogens is 454 g/mol. The molecule has 2 N–H and O–H groups in total. The van der Waals surface area contributed by atoms with Gasteiger partial charge in [-0.05, 0) is 48.7 Å². The van der Waals surface area contributed by atoms with Crippen molar-refractivity contribution in [3.8, 4) is 22.8 Å². The van der Waals surface area contributed by atoms with E-state index >= 15 is 0 Å². The molecule has 1 aliphatic heterocycles. The number of H-pyrrole nitrogens is 1. The van der Waals surface area contributed by atoms with Gasteiger partial charge in [-0.15, -0.1) is 0 Å². The van der Waals surface area contributed by atoms with Crippen molar-refractivity contribution in [2.75, 3.05) is 26.9 Å². The van der Waals surface area contributed by atoms with Crippen molar-refractivity contribution >= 4 is 17.5 Å². The highest BCUT2D eigenvalue weighted by Crippen LogP contribution is 2.45. The maximum absolute atomic E-state index is 13.3. The van der Waals surface area contributed by atoms with Gasteiger partial charge < -0.3 is 19.5 Å². The van der Waals surface area contributed by atoms with Gasteiger partial charge in [-0.1, -0.05) is 43.5 Å². The Morgan fingerprint density at radius 1 is 1.21 bits per heavy atom. The first-order chi connectivity index (χ1) is 16.5. The average Bonchev–Trinajstić information content (AvgIpc) is 3.36. The number of rotatable bonds is 10. The zero-order chi connectivity index (χ0) is 24.2. The van der Waals surface area contributed by atoms with Crippen molar-refractivity contribution in [3.63, 3.8) is 0 Å². The molecule has 0 bridgehead atoms. The Morgan fingerprint density at radius 2 is 2.03 bits per heavy atom. The fraction of sp³-hybridized carbons (Fsp3) is 0.385. The van der Waals surface area contributed by atoms with Gasteiger partial charge in [0.15, 0.2) is 0 Å². The number of hydrogen-bond donors (Lipinski definition) is 2. The van der Waals surface area contributed by atoms with Crippen LogP contribution in [0.4, 0.5) is 0 Å². The molecule has 0 aliphatic carbocycles. The molecule has 8 heteroatoms. The number of phenolic OH excluding ortho intramolecular Hbond substituents is 1. The first kappa shape index (κ1) is 24.1. The Balaban J connectivity index is 1.77. The molecule has 0 saturated carbocycles. The number of ether oxygens (including phenoxy) is 2. The Labute approximate surface area is 204 Å². The summed E-state index contributed by atoms with van der Waals surface area (Å²) in [7, 11) is 1.61. The summed E-state index contributed by atoms with van der Waals surface area (Å²) in [5, 5.41) is 18.5. The highest BCUT2D eigenvalue weighted by Gasteiger charge is 2.42. The number of nitrogens with zero attached hydrogens (tertiary/aromatic N) is 2. The van der Waals surface area contributed by atoms with Gasteiger partial charge in [0.2, 0.25) is 0 Å². The van der Waals surface area contributed by atoms with E-state index in [0.29, 0.717) is 47.3 Å². The molecule has 1 aliphatic rings. The highest BCUT2D eigenvalue weighted by atomic mass is 35.5. The topological polar surface area (TPSA) is 87.7 Å². The second-order valence-electron chi connectivity index (χ2n) is 8.50. The smallest absolute Gasteiger partial charge is 0.273 e. The van der Waals surface area contributed by atoms with E-state index in [2.05, 4.69) is 17.1 Å². The molecule has 1 amide bonds. The van der Waals surface area contributed by atoms with Crippen molar-refractivity contribution < 1.29 is 19.4 Å². The number of aryl methyl sites for hydroxylation is 1. The predicted molar refractivity (Wildman–Crippen MR) is 132 cm³/mol. The van der Waals surface area contributed by atoms with E-state index in [1.165, 1.54) is 0 Å². The lowest BCUT2D eigenvalue weighted by molar-refractivity contribution is 0.0677. The summed E-state index contributed by atoms with van der Waals surface area (Å²) in [6, 6.07) is 10.7. The lowest BCUT2D eigenvalue weighted by atomic mass is 9.95. The van der Waals surface area contributed by atoms with Crippen LogP contribution in [-0.2, 0) is 4.74 Å². The standard InChI is InChI=1S/C26H30ClN3O4/c1-4-5-6-11-34-18-9-7-8-17(14-18)25-22-23(19-15-20(27)16(2)13-21(19)31)28-29-24(22)26(32)30(25)10-12-33-3/h7-9,13-15,25,31H,4-6,10-12H2,1-3H3,(H,28,29). The highest BCUT2D eigenvalue weighted by molar-refractivity contribution is 6.31. The first-order valence-corrected chi connectivity index (χ1v) is 11.9. The summed E-state index contributed by atoms with van der Waals surface area (Å²) in [6.45, 7) is 5.43. The van der Waals surface area contributed by atoms with E-state index in [1.807, 2.05) is 31.2 Å². The van der Waals surface area contributed by atoms with Gasteiger partial charge >= 0.3 is 0 Å². The van der Waals surface area contributed by atoms with Gasteiger partial charge in [-0.2, -0.15) is 5.10 Å². The second kappa shape index (κ2) is 10.5. The number of amides is 1. The molecule has 0 fully saturated rings. The van der Waals surface area contributed by atoms with Crippen molar-refractivity contribution in [1.29, 1.82) is 0 Å². The third kappa shape index (κ3) is 4.63. The molecule has 180 valence electrons. The molecular formula is C26H30ClN3O4. The average molecular weight is 484 g/mol. The van der Waals surface area contributed by atoms with Crippen molar-refractivity contribution in [3.05, 3.63) is 63.8 Å². The monoisotopic (exact) mass is 483 g/mol. The van der Waals surface area contributed by atoms with Crippen LogP contribution in [-0.4, -0.2) is 53.0 Å². The fourth-order valence-electron chi connectivity index (χ4n) is 4.34. The van der Waals surface area contributed by atoms with Crippen LogP contribution in [0.2, 0.25) is 5.02 Å². The zero-order valence-electron chi connectivity index (χ0n) is 19.7. The lowest BCUT2D eigenvalue weighted by Gasteiger charge is -2.26. The fourth-order valence-corrected chi connectivity index (χ4v) is 4.50. The number of phenols is 1. The molecule has 1 atom stereocenters. The quantitative estimate of drug-likeness (QED) is 0.371. The summed E-state index contributed by atoms with van der Waals surface area (Å²) < 4.78 is 11.2. The Bertz CT molecular complexity index is 1180. The molecule has 2 aromatic carbocycles. The third-order valence-electron chi connectivity index (χ3n) is 6.12. The number of aromatic hydroxyl groups is 1. The summed E-state index contributed by atoms with van der Waals surface area (Å²) in [4.78, 5) is 15.1. The Morgan fingerprint density at radius 3 is 2.79 bits per heavy atom. The second-order valence-corrected chi connectivity index (χ2v) is 8.91. The number of fused-ring (bicyclic) bond motifs is 1. The number of aromatic nitrogens is 2. The van der Waals surface area contributed by atoms with E-state index in [4.69, 9.17) is 21.1 Å². The van der Waals surface area contributed by atoms with Crippen LogP contribution in [0.5, 0.6) is 11.5 Å². The number of carbonyl (C=O) groups is 1. The van der Waals surface area contributed by atoms with Crippen LogP contribution in [0.15, 0.2) is 36.4 Å². The van der Waals surface area contributed by atoms with Crippen molar-refractivity contribution in [2.45, 2.75) is 39.2 Å². The number of benzene rings is 2. The van der Waals surface area contributed by atoms with Gasteiger partial charge in [0.05, 0.1) is 19.3 Å². The lowest BCUT2D eigenvalue weighted by Crippen LogP contribution is -2.32. The van der Waals surface area contributed by atoms with Crippen LogP contribution < -0.4 is 4.74 Å². The molecule has 7 nitrogen and oxygen atoms in total. The van der Waals surface area contributed by atoms with Crippen molar-refractivity contribution in [1.82, 2.24) is 15.1 Å². The molecule has 0 saturated heterocycles. The van der Waals surface area contributed by atoms with Gasteiger partial charge in [0, 0.05) is 29.8 Å². The Hall–Kier alpha value is -3.03. The normalized spacial score (nSPS) is 15.1. The molecule has 0 radical (unpaired) electrons. The van der Waals surface area contributed by atoms with E-state index < -0.39 is 6.04 Å². The minimum absolute atomic E-state index is 0.0609. The number of nitrogens with one attached hydrogen (secondary N) is 1. The number of carbonyl (C=O) groups excluding carboxylic acids is 1. The Kier molecular flexibility index (Phi) is 7.44. The number of hydrogen-bond acceptors (Lipinski definition) is 5. The number of unbranched alkanes of at least 4 members (excludes halogenated alkanes) is 2. The maximum Gasteiger partial charge on any atom is 0.273 e. The third-order valence-corrected chi connectivity index (χ3v) is 6.53. The maximum atomic E-state index is 13.3. The molecule has 2 heterocycles. The minimum atomic E-state index is -0.412. The summed E-state index contributed by atoms with van der Waals surface area (Å²) in [5.74, 6) is 0.654. The van der Waals surface area contributed by atoms with Gasteiger partial charge in [-0.25, -0.2) is 0 Å². The zero-order valence-corrected chi connectivity index (χ0v) is 20.5. The van der Waals surface area contributed by atoms with Crippen molar-refractivity contribution in [2.24, 2.45) is 0 Å².